The molecule has 0 saturated heterocycles. The lowest BCUT2D eigenvalue weighted by atomic mass is 10.0. The first-order chi connectivity index (χ1) is 10.1. The van der Waals surface area contributed by atoms with Gasteiger partial charge in [0, 0.05) is 17.3 Å². The molecule has 0 saturated carbocycles. The van der Waals surface area contributed by atoms with Crippen molar-refractivity contribution in [2.75, 3.05) is 12.0 Å². The quantitative estimate of drug-likeness (QED) is 0.929. The van der Waals surface area contributed by atoms with E-state index in [0.29, 0.717) is 6.04 Å². The molecule has 0 fully saturated rings. The molecule has 2 aromatic carbocycles. The zero-order chi connectivity index (χ0) is 15.0. The van der Waals surface area contributed by atoms with Crippen LogP contribution < -0.4 is 9.64 Å². The van der Waals surface area contributed by atoms with E-state index in [1.807, 2.05) is 12.1 Å². The minimum absolute atomic E-state index is 0.368. The number of methoxy groups -OCH3 is 1. The molecule has 1 aliphatic rings. The fourth-order valence-electron chi connectivity index (χ4n) is 3.27. The van der Waals surface area contributed by atoms with Gasteiger partial charge in [-0.1, -0.05) is 24.3 Å². The number of hydrogen-bond donors (Lipinski definition) is 1. The van der Waals surface area contributed by atoms with Crippen molar-refractivity contribution in [2.24, 2.45) is 0 Å². The maximum atomic E-state index is 10.2. The minimum Gasteiger partial charge on any atom is -0.496 e. The Morgan fingerprint density at radius 3 is 2.57 bits per heavy atom. The van der Waals surface area contributed by atoms with Crippen LogP contribution in [0.5, 0.6) is 5.75 Å². The topological polar surface area (TPSA) is 32.7 Å². The smallest absolute Gasteiger partial charge is 0.126 e. The highest BCUT2D eigenvalue weighted by molar-refractivity contribution is 5.75. The fraction of sp³-hybridized carbons (Fsp3) is 0.333. The molecule has 1 N–H and O–H groups in total. The summed E-state index contributed by atoms with van der Waals surface area (Å²) in [5, 5.41) is 10.2. The van der Waals surface area contributed by atoms with Gasteiger partial charge in [0.15, 0.2) is 0 Å². The molecule has 0 spiro atoms. The van der Waals surface area contributed by atoms with E-state index in [1.165, 1.54) is 11.3 Å². The molecule has 2 aromatic rings. The average molecular weight is 283 g/mol. The van der Waals surface area contributed by atoms with Crippen LogP contribution in [0.4, 0.5) is 11.4 Å². The van der Waals surface area contributed by atoms with Crippen LogP contribution in [0.3, 0.4) is 0 Å². The van der Waals surface area contributed by atoms with E-state index in [9.17, 15) is 5.11 Å². The molecular formula is C18H21NO2. The van der Waals surface area contributed by atoms with Gasteiger partial charge in [-0.3, -0.25) is 0 Å². The van der Waals surface area contributed by atoms with Crippen molar-refractivity contribution in [3.05, 3.63) is 53.6 Å². The van der Waals surface area contributed by atoms with Crippen molar-refractivity contribution in [1.29, 1.82) is 0 Å². The molecule has 1 aliphatic heterocycles. The second-order valence-electron chi connectivity index (χ2n) is 5.62. The molecule has 3 nitrogen and oxygen atoms in total. The third-order valence-corrected chi connectivity index (χ3v) is 4.15. The van der Waals surface area contributed by atoms with Crippen molar-refractivity contribution >= 4 is 11.4 Å². The van der Waals surface area contributed by atoms with Crippen molar-refractivity contribution in [2.45, 2.75) is 32.4 Å². The highest BCUT2D eigenvalue weighted by atomic mass is 16.5. The number of aliphatic hydroxyl groups excluding tert-OH is 1. The van der Waals surface area contributed by atoms with Crippen LogP contribution in [0.25, 0.3) is 0 Å². The standard InChI is InChI=1S/C18H21NO2/c1-12-11-14-7-4-5-8-15(14)19(12)16-9-6-10-17(21-3)18(16)13(2)20/h4-10,12-13,20H,11H2,1-3H3/t12?,13-/m1/s1. The largest absolute Gasteiger partial charge is 0.496 e. The van der Waals surface area contributed by atoms with E-state index < -0.39 is 6.10 Å². The van der Waals surface area contributed by atoms with Crippen LogP contribution in [0.1, 0.15) is 31.1 Å². The highest BCUT2D eigenvalue weighted by Crippen LogP contribution is 2.43. The normalized spacial score (nSPS) is 18.5. The van der Waals surface area contributed by atoms with Gasteiger partial charge in [-0.25, -0.2) is 0 Å². The molecule has 0 aromatic heterocycles. The van der Waals surface area contributed by atoms with Gasteiger partial charge in [-0.2, -0.15) is 0 Å². The van der Waals surface area contributed by atoms with Gasteiger partial charge in [-0.05, 0) is 44.0 Å². The van der Waals surface area contributed by atoms with Gasteiger partial charge >= 0.3 is 0 Å². The number of hydrogen-bond acceptors (Lipinski definition) is 3. The molecule has 3 rings (SSSR count). The lowest BCUT2D eigenvalue weighted by molar-refractivity contribution is 0.194. The maximum Gasteiger partial charge on any atom is 0.126 e. The Kier molecular flexibility index (Phi) is 3.60. The Morgan fingerprint density at radius 1 is 1.14 bits per heavy atom. The number of benzene rings is 2. The Balaban J connectivity index is 2.17. The fourth-order valence-corrected chi connectivity index (χ4v) is 3.27. The van der Waals surface area contributed by atoms with E-state index in [-0.39, 0.29) is 0 Å². The Bertz CT molecular complexity index is 651. The second kappa shape index (κ2) is 5.41. The van der Waals surface area contributed by atoms with Crippen molar-refractivity contribution in [1.82, 2.24) is 0 Å². The summed E-state index contributed by atoms with van der Waals surface area (Å²) >= 11 is 0. The van der Waals surface area contributed by atoms with Gasteiger partial charge in [-0.15, -0.1) is 0 Å². The van der Waals surface area contributed by atoms with Gasteiger partial charge in [0.25, 0.3) is 0 Å². The Morgan fingerprint density at radius 2 is 1.86 bits per heavy atom. The Hall–Kier alpha value is -2.00. The summed E-state index contributed by atoms with van der Waals surface area (Å²) in [6, 6.07) is 14.8. The molecular weight excluding hydrogens is 262 g/mol. The zero-order valence-electron chi connectivity index (χ0n) is 12.7. The number of ether oxygens (including phenoxy) is 1. The molecule has 21 heavy (non-hydrogen) atoms. The summed E-state index contributed by atoms with van der Waals surface area (Å²) in [6.07, 6.45) is 0.447. The monoisotopic (exact) mass is 283 g/mol. The number of para-hydroxylation sites is 1. The molecule has 110 valence electrons. The first kappa shape index (κ1) is 14.0. The van der Waals surface area contributed by atoms with Gasteiger partial charge < -0.3 is 14.7 Å². The summed E-state index contributed by atoms with van der Waals surface area (Å²) < 4.78 is 5.44. The highest BCUT2D eigenvalue weighted by Gasteiger charge is 2.30. The van der Waals surface area contributed by atoms with Crippen molar-refractivity contribution in [3.8, 4) is 5.75 Å². The van der Waals surface area contributed by atoms with Crippen LogP contribution in [-0.4, -0.2) is 18.3 Å². The van der Waals surface area contributed by atoms with Gasteiger partial charge in [0.2, 0.25) is 0 Å². The van der Waals surface area contributed by atoms with Crippen LogP contribution in [0.2, 0.25) is 0 Å². The molecule has 1 heterocycles. The first-order valence-corrected chi connectivity index (χ1v) is 7.35. The molecule has 1 unspecified atom stereocenters. The summed E-state index contributed by atoms with van der Waals surface area (Å²) in [5.41, 5.74) is 4.45. The molecule has 0 bridgehead atoms. The second-order valence-corrected chi connectivity index (χ2v) is 5.62. The molecule has 0 aliphatic carbocycles. The summed E-state index contributed by atoms with van der Waals surface area (Å²) in [6.45, 7) is 4.00. The third-order valence-electron chi connectivity index (χ3n) is 4.15. The number of rotatable bonds is 3. The lowest BCUT2D eigenvalue weighted by Gasteiger charge is -2.29. The minimum atomic E-state index is -0.573. The molecule has 0 radical (unpaired) electrons. The van der Waals surface area contributed by atoms with E-state index in [2.05, 4.69) is 42.2 Å². The Labute approximate surface area is 125 Å². The van der Waals surface area contributed by atoms with Gasteiger partial charge in [0.05, 0.1) is 18.9 Å². The van der Waals surface area contributed by atoms with E-state index in [1.54, 1.807) is 14.0 Å². The number of fused-ring (bicyclic) bond motifs is 1. The van der Waals surface area contributed by atoms with Crippen LogP contribution >= 0.6 is 0 Å². The molecule has 0 amide bonds. The predicted molar refractivity (Wildman–Crippen MR) is 85.4 cm³/mol. The lowest BCUT2D eigenvalue weighted by Crippen LogP contribution is -2.25. The predicted octanol–water partition coefficient (Wildman–Crippen LogP) is 3.83. The number of nitrogens with zero attached hydrogens (tertiary/aromatic N) is 1. The first-order valence-electron chi connectivity index (χ1n) is 7.35. The number of aliphatic hydroxyl groups is 1. The maximum absolute atomic E-state index is 10.2. The third kappa shape index (κ3) is 2.28. The van der Waals surface area contributed by atoms with Crippen LogP contribution in [0, 0.1) is 0 Å². The van der Waals surface area contributed by atoms with Crippen molar-refractivity contribution < 1.29 is 9.84 Å². The average Bonchev–Trinajstić information content (AvgIpc) is 2.81. The summed E-state index contributed by atoms with van der Waals surface area (Å²) in [4.78, 5) is 2.31. The zero-order valence-corrected chi connectivity index (χ0v) is 12.7. The van der Waals surface area contributed by atoms with Crippen LogP contribution in [-0.2, 0) is 6.42 Å². The number of anilines is 2. The van der Waals surface area contributed by atoms with E-state index >= 15 is 0 Å². The van der Waals surface area contributed by atoms with Gasteiger partial charge in [0.1, 0.15) is 5.75 Å². The van der Waals surface area contributed by atoms with E-state index in [0.717, 1.165) is 23.4 Å². The molecule has 3 heteroatoms. The summed E-state index contributed by atoms with van der Waals surface area (Å²) in [5.74, 6) is 0.735. The SMILES string of the molecule is COc1cccc(N2c3ccccc3CC2C)c1[C@@H](C)O. The summed E-state index contributed by atoms with van der Waals surface area (Å²) in [7, 11) is 1.65. The van der Waals surface area contributed by atoms with E-state index in [4.69, 9.17) is 4.74 Å². The molecule has 2 atom stereocenters. The van der Waals surface area contributed by atoms with Crippen molar-refractivity contribution in [3.63, 3.8) is 0 Å². The van der Waals surface area contributed by atoms with Crippen LogP contribution in [0.15, 0.2) is 42.5 Å².